The largest absolute Gasteiger partial charge is 0.496 e. The van der Waals surface area contributed by atoms with Gasteiger partial charge in [-0.1, -0.05) is 12.2 Å². The summed E-state index contributed by atoms with van der Waals surface area (Å²) in [6, 6.07) is 1.98. The van der Waals surface area contributed by atoms with Gasteiger partial charge in [0, 0.05) is 11.6 Å². The molecular weight excluding hydrogens is 190 g/mol. The van der Waals surface area contributed by atoms with Gasteiger partial charge in [0.25, 0.3) is 0 Å². The summed E-state index contributed by atoms with van der Waals surface area (Å²) < 4.78 is 30.4. The minimum absolute atomic E-state index is 0.165. The molecule has 0 bridgehead atoms. The van der Waals surface area contributed by atoms with E-state index in [1.807, 2.05) is 0 Å². The lowest BCUT2D eigenvalue weighted by atomic mass is 10.1. The lowest BCUT2D eigenvalue weighted by molar-refractivity contribution is 0.343. The molecule has 0 amide bonds. The third kappa shape index (κ3) is 2.29. The maximum absolute atomic E-state index is 12.8. The van der Waals surface area contributed by atoms with Gasteiger partial charge in [-0.3, -0.25) is 0 Å². The summed E-state index contributed by atoms with van der Waals surface area (Å²) in [7, 11) is 1.36. The Hall–Kier alpha value is -1.42. The average Bonchev–Trinajstić information content (AvgIpc) is 2.19. The molecule has 0 saturated heterocycles. The van der Waals surface area contributed by atoms with E-state index >= 15 is 0 Å². The van der Waals surface area contributed by atoms with Crippen LogP contribution in [-0.2, 0) is 0 Å². The zero-order valence-corrected chi connectivity index (χ0v) is 7.63. The molecule has 0 atom stereocenters. The van der Waals surface area contributed by atoms with Crippen molar-refractivity contribution in [2.24, 2.45) is 0 Å². The highest BCUT2D eigenvalue weighted by molar-refractivity contribution is 5.57. The van der Waals surface area contributed by atoms with E-state index < -0.39 is 11.6 Å². The van der Waals surface area contributed by atoms with Crippen molar-refractivity contribution in [1.29, 1.82) is 0 Å². The topological polar surface area (TPSA) is 29.5 Å². The highest BCUT2D eigenvalue weighted by atomic mass is 19.2. The van der Waals surface area contributed by atoms with Crippen LogP contribution in [0.3, 0.4) is 0 Å². The Bertz CT molecular complexity index is 348. The summed E-state index contributed by atoms with van der Waals surface area (Å²) in [6.07, 6.45) is 2.87. The molecule has 0 aliphatic heterocycles. The fourth-order valence-corrected chi connectivity index (χ4v) is 1.03. The lowest BCUT2D eigenvalue weighted by Gasteiger charge is -2.05. The molecule has 1 rings (SSSR count). The van der Waals surface area contributed by atoms with Gasteiger partial charge in [-0.15, -0.1) is 0 Å². The van der Waals surface area contributed by atoms with Crippen molar-refractivity contribution in [1.82, 2.24) is 0 Å². The van der Waals surface area contributed by atoms with Crippen LogP contribution in [0.5, 0.6) is 5.75 Å². The zero-order valence-electron chi connectivity index (χ0n) is 7.63. The molecular formula is C10H10F2O2. The Morgan fingerprint density at radius 1 is 1.36 bits per heavy atom. The van der Waals surface area contributed by atoms with Crippen molar-refractivity contribution >= 4 is 6.08 Å². The van der Waals surface area contributed by atoms with Crippen LogP contribution < -0.4 is 4.74 Å². The zero-order chi connectivity index (χ0) is 10.6. The normalized spacial score (nSPS) is 10.9. The molecule has 0 spiro atoms. The van der Waals surface area contributed by atoms with E-state index in [9.17, 15) is 8.78 Å². The van der Waals surface area contributed by atoms with E-state index in [2.05, 4.69) is 0 Å². The molecule has 76 valence electrons. The molecule has 2 nitrogen and oxygen atoms in total. The van der Waals surface area contributed by atoms with Crippen molar-refractivity contribution in [3.8, 4) is 5.75 Å². The van der Waals surface area contributed by atoms with Crippen molar-refractivity contribution in [2.75, 3.05) is 13.7 Å². The molecule has 0 radical (unpaired) electrons. The fourth-order valence-electron chi connectivity index (χ4n) is 1.03. The highest BCUT2D eigenvalue weighted by Gasteiger charge is 2.07. The molecule has 0 heterocycles. The van der Waals surface area contributed by atoms with E-state index in [-0.39, 0.29) is 12.4 Å². The summed E-state index contributed by atoms with van der Waals surface area (Å²) >= 11 is 0. The summed E-state index contributed by atoms with van der Waals surface area (Å²) in [5.41, 5.74) is 0.389. The summed E-state index contributed by atoms with van der Waals surface area (Å²) in [5.74, 6) is -1.67. The van der Waals surface area contributed by atoms with Gasteiger partial charge in [0.05, 0.1) is 13.7 Å². The van der Waals surface area contributed by atoms with Crippen LogP contribution in [0.25, 0.3) is 6.08 Å². The second-order valence-electron chi connectivity index (χ2n) is 2.59. The van der Waals surface area contributed by atoms with Crippen molar-refractivity contribution < 1.29 is 18.6 Å². The second kappa shape index (κ2) is 4.72. The molecule has 0 saturated carbocycles. The first-order chi connectivity index (χ1) is 6.69. The van der Waals surface area contributed by atoms with Crippen LogP contribution in [0.1, 0.15) is 5.56 Å². The predicted octanol–water partition coefficient (Wildman–Crippen LogP) is 1.98. The maximum Gasteiger partial charge on any atom is 0.162 e. The van der Waals surface area contributed by atoms with Gasteiger partial charge in [-0.25, -0.2) is 8.78 Å². The Morgan fingerprint density at radius 2 is 2.00 bits per heavy atom. The third-order valence-electron chi connectivity index (χ3n) is 1.68. The SMILES string of the molecule is COc1cc(F)c(F)cc1C=CCO. The van der Waals surface area contributed by atoms with E-state index in [4.69, 9.17) is 9.84 Å². The molecule has 0 aliphatic carbocycles. The molecule has 14 heavy (non-hydrogen) atoms. The maximum atomic E-state index is 12.8. The quantitative estimate of drug-likeness (QED) is 0.808. The Kier molecular flexibility index (Phi) is 3.59. The first-order valence-corrected chi connectivity index (χ1v) is 3.99. The minimum atomic E-state index is -0.956. The fraction of sp³-hybridized carbons (Fsp3) is 0.200. The number of halogens is 2. The molecule has 1 N–H and O–H groups in total. The number of aliphatic hydroxyl groups is 1. The summed E-state index contributed by atoms with van der Waals surface area (Å²) in [4.78, 5) is 0. The van der Waals surface area contributed by atoms with E-state index in [1.165, 1.54) is 19.3 Å². The smallest absolute Gasteiger partial charge is 0.162 e. The minimum Gasteiger partial charge on any atom is -0.496 e. The van der Waals surface area contributed by atoms with Gasteiger partial charge in [-0.2, -0.15) is 0 Å². The van der Waals surface area contributed by atoms with Gasteiger partial charge >= 0.3 is 0 Å². The van der Waals surface area contributed by atoms with Crippen LogP contribution in [0.2, 0.25) is 0 Å². The van der Waals surface area contributed by atoms with Crippen LogP contribution in [-0.4, -0.2) is 18.8 Å². The summed E-state index contributed by atoms with van der Waals surface area (Å²) in [5, 5.41) is 8.52. The van der Waals surface area contributed by atoms with E-state index in [0.717, 1.165) is 12.1 Å². The van der Waals surface area contributed by atoms with Crippen LogP contribution in [0.4, 0.5) is 8.78 Å². The second-order valence-corrected chi connectivity index (χ2v) is 2.59. The lowest BCUT2D eigenvalue weighted by Crippen LogP contribution is -1.92. The van der Waals surface area contributed by atoms with Crippen LogP contribution in [0, 0.1) is 11.6 Å². The number of rotatable bonds is 3. The standard InChI is InChI=1S/C10H10F2O2/c1-14-10-6-9(12)8(11)5-7(10)3-2-4-13/h2-3,5-6,13H,4H2,1H3. The van der Waals surface area contributed by atoms with Crippen LogP contribution in [0.15, 0.2) is 18.2 Å². The first kappa shape index (κ1) is 10.7. The van der Waals surface area contributed by atoms with Crippen molar-refractivity contribution in [2.45, 2.75) is 0 Å². The van der Waals surface area contributed by atoms with Gasteiger partial charge in [0.15, 0.2) is 11.6 Å². The monoisotopic (exact) mass is 200 g/mol. The summed E-state index contributed by atoms with van der Waals surface area (Å²) in [6.45, 7) is -0.165. The van der Waals surface area contributed by atoms with Gasteiger partial charge < -0.3 is 9.84 Å². The number of methoxy groups -OCH3 is 1. The molecule has 4 heteroatoms. The Morgan fingerprint density at radius 3 is 2.57 bits per heavy atom. The molecule has 1 aromatic rings. The predicted molar refractivity (Wildman–Crippen MR) is 49.0 cm³/mol. The third-order valence-corrected chi connectivity index (χ3v) is 1.68. The highest BCUT2D eigenvalue weighted by Crippen LogP contribution is 2.23. The van der Waals surface area contributed by atoms with E-state index in [0.29, 0.717) is 5.56 Å². The first-order valence-electron chi connectivity index (χ1n) is 3.99. The molecule has 0 aromatic heterocycles. The molecule has 1 aromatic carbocycles. The number of hydrogen-bond acceptors (Lipinski definition) is 2. The van der Waals surface area contributed by atoms with E-state index in [1.54, 1.807) is 0 Å². The number of benzene rings is 1. The van der Waals surface area contributed by atoms with Gasteiger partial charge in [0.2, 0.25) is 0 Å². The molecule has 0 fully saturated rings. The molecule has 0 unspecified atom stereocenters. The Labute approximate surface area is 80.4 Å². The number of ether oxygens (including phenoxy) is 1. The van der Waals surface area contributed by atoms with Crippen molar-refractivity contribution in [3.05, 3.63) is 35.4 Å². The van der Waals surface area contributed by atoms with Gasteiger partial charge in [-0.05, 0) is 6.07 Å². The number of aliphatic hydroxyl groups excluding tert-OH is 1. The Balaban J connectivity index is 3.13. The van der Waals surface area contributed by atoms with Crippen LogP contribution >= 0.6 is 0 Å². The van der Waals surface area contributed by atoms with Gasteiger partial charge in [0.1, 0.15) is 5.75 Å². The number of hydrogen-bond donors (Lipinski definition) is 1. The van der Waals surface area contributed by atoms with Crippen molar-refractivity contribution in [3.63, 3.8) is 0 Å². The molecule has 0 aliphatic rings. The average molecular weight is 200 g/mol.